The number of nitrogens with one attached hydrogen (secondary N) is 2. The third-order valence-electron chi connectivity index (χ3n) is 5.50. The molecule has 2 fully saturated rings. The fourth-order valence-corrected chi connectivity index (χ4v) is 4.97. The smallest absolute Gasteiger partial charge is 0.191 e. The van der Waals surface area contributed by atoms with Gasteiger partial charge in [-0.25, -0.2) is 0 Å². The van der Waals surface area contributed by atoms with E-state index in [9.17, 15) is 0 Å². The number of rotatable bonds is 7. The summed E-state index contributed by atoms with van der Waals surface area (Å²) in [6.45, 7) is 9.74. The molecule has 0 aliphatic carbocycles. The van der Waals surface area contributed by atoms with Crippen LogP contribution in [0.1, 0.15) is 43.5 Å². The largest absolute Gasteiger partial charge is 0.357 e. The summed E-state index contributed by atoms with van der Waals surface area (Å²) in [5.41, 5.74) is 0. The summed E-state index contributed by atoms with van der Waals surface area (Å²) >= 11 is 1.86. The van der Waals surface area contributed by atoms with Gasteiger partial charge in [0.15, 0.2) is 5.96 Å². The average Bonchev–Trinajstić information content (AvgIpc) is 3.34. The molecule has 0 spiro atoms. The molecule has 2 atom stereocenters. The summed E-state index contributed by atoms with van der Waals surface area (Å²) < 4.78 is 0. The molecule has 146 valence electrons. The first-order valence-electron chi connectivity index (χ1n) is 10.2. The zero-order chi connectivity index (χ0) is 18.2. The third kappa shape index (κ3) is 5.69. The van der Waals surface area contributed by atoms with E-state index in [0.29, 0.717) is 6.04 Å². The summed E-state index contributed by atoms with van der Waals surface area (Å²) in [4.78, 5) is 11.5. The number of piperidine rings is 1. The molecule has 5 nitrogen and oxygen atoms in total. The topological polar surface area (TPSA) is 42.9 Å². The highest BCUT2D eigenvalue weighted by molar-refractivity contribution is 7.10. The normalized spacial score (nSPS) is 23.9. The van der Waals surface area contributed by atoms with Crippen molar-refractivity contribution in [1.82, 2.24) is 20.4 Å². The molecule has 0 radical (unpaired) electrons. The van der Waals surface area contributed by atoms with Gasteiger partial charge in [0.25, 0.3) is 0 Å². The molecular weight excluding hydrogens is 342 g/mol. The van der Waals surface area contributed by atoms with Crippen molar-refractivity contribution in [2.75, 3.05) is 52.9 Å². The Morgan fingerprint density at radius 2 is 2.12 bits per heavy atom. The van der Waals surface area contributed by atoms with Gasteiger partial charge in [-0.05, 0) is 76.7 Å². The molecule has 2 saturated heterocycles. The molecule has 2 N–H and O–H groups in total. The zero-order valence-electron chi connectivity index (χ0n) is 16.4. The van der Waals surface area contributed by atoms with E-state index >= 15 is 0 Å². The average molecular weight is 378 g/mol. The predicted octanol–water partition coefficient (Wildman–Crippen LogP) is 2.78. The van der Waals surface area contributed by atoms with Crippen LogP contribution in [0.3, 0.4) is 0 Å². The summed E-state index contributed by atoms with van der Waals surface area (Å²) in [6.07, 6.45) is 5.27. The lowest BCUT2D eigenvalue weighted by atomic mass is 9.99. The van der Waals surface area contributed by atoms with Crippen LogP contribution in [0.5, 0.6) is 0 Å². The molecule has 2 aliphatic rings. The van der Waals surface area contributed by atoms with Crippen molar-refractivity contribution in [1.29, 1.82) is 0 Å². The van der Waals surface area contributed by atoms with Crippen LogP contribution in [0.25, 0.3) is 0 Å². The van der Waals surface area contributed by atoms with E-state index in [2.05, 4.69) is 51.9 Å². The van der Waals surface area contributed by atoms with E-state index in [1.165, 1.54) is 56.7 Å². The van der Waals surface area contributed by atoms with Gasteiger partial charge < -0.3 is 15.5 Å². The lowest BCUT2D eigenvalue weighted by Crippen LogP contribution is -2.44. The maximum Gasteiger partial charge on any atom is 0.191 e. The van der Waals surface area contributed by atoms with Crippen LogP contribution < -0.4 is 10.6 Å². The highest BCUT2D eigenvalue weighted by Crippen LogP contribution is 2.28. The van der Waals surface area contributed by atoms with Gasteiger partial charge in [0.1, 0.15) is 0 Å². The molecule has 0 amide bonds. The van der Waals surface area contributed by atoms with Gasteiger partial charge in [0, 0.05) is 24.5 Å². The second-order valence-corrected chi connectivity index (χ2v) is 8.62. The third-order valence-corrected chi connectivity index (χ3v) is 6.47. The van der Waals surface area contributed by atoms with Crippen molar-refractivity contribution in [2.24, 2.45) is 10.9 Å². The fraction of sp³-hybridized carbons (Fsp3) is 0.750. The predicted molar refractivity (Wildman–Crippen MR) is 112 cm³/mol. The minimum atomic E-state index is 0.425. The van der Waals surface area contributed by atoms with Crippen LogP contribution in [0.4, 0.5) is 0 Å². The van der Waals surface area contributed by atoms with Gasteiger partial charge in [-0.1, -0.05) is 6.07 Å². The van der Waals surface area contributed by atoms with Crippen LogP contribution in [0.15, 0.2) is 22.5 Å². The lowest BCUT2D eigenvalue weighted by Gasteiger charge is -2.30. The van der Waals surface area contributed by atoms with Crippen molar-refractivity contribution in [3.05, 3.63) is 22.4 Å². The summed E-state index contributed by atoms with van der Waals surface area (Å²) in [6, 6.07) is 4.85. The van der Waals surface area contributed by atoms with Crippen molar-refractivity contribution in [3.63, 3.8) is 0 Å². The Hall–Kier alpha value is -1.11. The van der Waals surface area contributed by atoms with Crippen molar-refractivity contribution >= 4 is 17.3 Å². The second-order valence-electron chi connectivity index (χ2n) is 7.65. The highest BCUT2D eigenvalue weighted by atomic mass is 32.1. The lowest BCUT2D eigenvalue weighted by molar-refractivity contribution is 0.210. The number of nitrogens with zero attached hydrogens (tertiary/aromatic N) is 3. The first-order chi connectivity index (χ1) is 12.8. The van der Waals surface area contributed by atoms with Gasteiger partial charge in [-0.15, -0.1) is 11.3 Å². The number of aliphatic imine (C=N–C) groups is 1. The second kappa shape index (κ2) is 10.3. The number of likely N-dealkylation sites (tertiary alicyclic amines) is 2. The SMILES string of the molecule is CCNC(=NCC(c1cccs1)N1CCCC1)NCC1CCCN(C)C1. The minimum absolute atomic E-state index is 0.425. The highest BCUT2D eigenvalue weighted by Gasteiger charge is 2.24. The van der Waals surface area contributed by atoms with Gasteiger partial charge in [-0.3, -0.25) is 9.89 Å². The van der Waals surface area contributed by atoms with Crippen molar-refractivity contribution in [2.45, 2.75) is 38.6 Å². The molecule has 1 aromatic rings. The molecular formula is C20H35N5S. The van der Waals surface area contributed by atoms with Crippen molar-refractivity contribution in [3.8, 4) is 0 Å². The number of thiophene rings is 1. The van der Waals surface area contributed by atoms with E-state index in [0.717, 1.165) is 31.5 Å². The first kappa shape index (κ1) is 19.6. The van der Waals surface area contributed by atoms with Gasteiger partial charge in [0.05, 0.1) is 12.6 Å². The van der Waals surface area contributed by atoms with Gasteiger partial charge >= 0.3 is 0 Å². The number of hydrogen-bond acceptors (Lipinski definition) is 4. The summed E-state index contributed by atoms with van der Waals surface area (Å²) in [5.74, 6) is 1.70. The minimum Gasteiger partial charge on any atom is -0.357 e. The molecule has 0 aromatic carbocycles. The number of hydrogen-bond donors (Lipinski definition) is 2. The van der Waals surface area contributed by atoms with E-state index in [1.54, 1.807) is 0 Å². The molecule has 3 rings (SSSR count). The van der Waals surface area contributed by atoms with Crippen LogP contribution in [-0.4, -0.2) is 68.6 Å². The van der Waals surface area contributed by atoms with Crippen molar-refractivity contribution < 1.29 is 0 Å². The Bertz CT molecular complexity index is 538. The Morgan fingerprint density at radius 1 is 1.27 bits per heavy atom. The van der Waals surface area contributed by atoms with E-state index < -0.39 is 0 Å². The monoisotopic (exact) mass is 377 g/mol. The van der Waals surface area contributed by atoms with Gasteiger partial charge in [0.2, 0.25) is 0 Å². The van der Waals surface area contributed by atoms with E-state index in [1.807, 2.05) is 11.3 Å². The maximum absolute atomic E-state index is 4.96. The van der Waals surface area contributed by atoms with Crippen LogP contribution >= 0.6 is 11.3 Å². The van der Waals surface area contributed by atoms with Crippen LogP contribution in [0.2, 0.25) is 0 Å². The van der Waals surface area contributed by atoms with E-state index in [-0.39, 0.29) is 0 Å². The molecule has 0 saturated carbocycles. The zero-order valence-corrected chi connectivity index (χ0v) is 17.2. The first-order valence-corrected chi connectivity index (χ1v) is 11.1. The molecule has 2 aliphatic heterocycles. The summed E-state index contributed by atoms with van der Waals surface area (Å²) in [5, 5.41) is 9.22. The fourth-order valence-electron chi connectivity index (χ4n) is 4.12. The Balaban J connectivity index is 1.59. The molecule has 1 aromatic heterocycles. The quantitative estimate of drug-likeness (QED) is 0.566. The molecule has 2 unspecified atom stereocenters. The van der Waals surface area contributed by atoms with Gasteiger partial charge in [-0.2, -0.15) is 0 Å². The Kier molecular flexibility index (Phi) is 7.77. The molecule has 0 bridgehead atoms. The summed E-state index contributed by atoms with van der Waals surface area (Å²) in [7, 11) is 2.23. The standard InChI is InChI=1S/C20H35N5S/c1-3-21-20(22-14-17-8-6-10-24(2)16-17)23-15-18(19-9-7-13-26-19)25-11-4-5-12-25/h7,9,13,17-18H,3-6,8,10-12,14-16H2,1-2H3,(H2,21,22,23). The van der Waals surface area contributed by atoms with Crippen LogP contribution in [0, 0.1) is 5.92 Å². The molecule has 3 heterocycles. The Morgan fingerprint density at radius 3 is 2.81 bits per heavy atom. The number of guanidine groups is 1. The molecule has 6 heteroatoms. The maximum atomic E-state index is 4.96. The van der Waals surface area contributed by atoms with Crippen LogP contribution in [-0.2, 0) is 0 Å². The Labute approximate surface area is 162 Å². The molecule has 26 heavy (non-hydrogen) atoms. The van der Waals surface area contributed by atoms with E-state index in [4.69, 9.17) is 4.99 Å².